The summed E-state index contributed by atoms with van der Waals surface area (Å²) < 4.78 is 22.0. The molecule has 0 N–H and O–H groups in total. The fourth-order valence-electron chi connectivity index (χ4n) is 3.73. The van der Waals surface area contributed by atoms with E-state index in [1.165, 1.54) is 24.8 Å². The lowest BCUT2D eigenvalue weighted by Gasteiger charge is -2.35. The van der Waals surface area contributed by atoms with Crippen LogP contribution in [0.3, 0.4) is 0 Å². The fourth-order valence-corrected chi connectivity index (χ4v) is 6.61. The molecular formula is C16H24NO2P. The predicted octanol–water partition coefficient (Wildman–Crippen LogP) is 4.04. The van der Waals surface area contributed by atoms with Crippen molar-refractivity contribution in [3.05, 3.63) is 29.8 Å². The second kappa shape index (κ2) is 5.29. The van der Waals surface area contributed by atoms with Crippen LogP contribution >= 0.6 is 7.52 Å². The molecule has 0 aromatic heterocycles. The largest absolute Gasteiger partial charge is 0.303 e. The molecule has 1 aliphatic heterocycles. The molecule has 0 radical (unpaired) electrons. The second-order valence-electron chi connectivity index (χ2n) is 5.82. The van der Waals surface area contributed by atoms with Crippen LogP contribution in [0.2, 0.25) is 0 Å². The fraction of sp³-hybridized carbons (Fsp3) is 0.625. The number of nitrogens with zero attached hydrogens (tertiary/aromatic N) is 1. The first-order valence-corrected chi connectivity index (χ1v) is 9.40. The molecule has 3 nitrogen and oxygen atoms in total. The lowest BCUT2D eigenvalue weighted by Crippen LogP contribution is -2.29. The molecule has 0 saturated heterocycles. The van der Waals surface area contributed by atoms with E-state index in [9.17, 15) is 4.57 Å². The Hall–Kier alpha value is -0.630. The third-order valence-corrected chi connectivity index (χ3v) is 7.67. The van der Waals surface area contributed by atoms with Gasteiger partial charge in [-0.05, 0) is 24.5 Å². The van der Waals surface area contributed by atoms with Crippen LogP contribution in [0.4, 0.5) is 0 Å². The van der Waals surface area contributed by atoms with Crippen molar-refractivity contribution in [3.63, 3.8) is 0 Å². The molecule has 20 heavy (non-hydrogen) atoms. The number of hydrogen-bond acceptors (Lipinski definition) is 2. The molecule has 0 amide bonds. The summed E-state index contributed by atoms with van der Waals surface area (Å²) in [6.45, 7) is 5.64. The SMILES string of the molecule is CCN(CC)P1(=O)OC2(CCCCC2)c2ccccc21. The average molecular weight is 293 g/mol. The quantitative estimate of drug-likeness (QED) is 0.788. The topological polar surface area (TPSA) is 29.5 Å². The van der Waals surface area contributed by atoms with E-state index in [2.05, 4.69) is 26.0 Å². The van der Waals surface area contributed by atoms with Crippen LogP contribution in [0.25, 0.3) is 0 Å². The van der Waals surface area contributed by atoms with Gasteiger partial charge in [0.05, 0.1) is 5.30 Å². The van der Waals surface area contributed by atoms with Gasteiger partial charge in [-0.3, -0.25) is 4.57 Å². The Labute approximate surface area is 121 Å². The van der Waals surface area contributed by atoms with Crippen molar-refractivity contribution in [2.45, 2.75) is 51.6 Å². The van der Waals surface area contributed by atoms with Gasteiger partial charge >= 0.3 is 7.52 Å². The minimum absolute atomic E-state index is 0.285. The number of hydrogen-bond donors (Lipinski definition) is 0. The van der Waals surface area contributed by atoms with Crippen LogP contribution in [0.1, 0.15) is 51.5 Å². The standard InChI is InChI=1S/C16H24NO2P/c1-3-17(4-2)20(18)15-11-7-6-10-14(15)16(19-20)12-8-5-9-13-16/h6-7,10-11H,3-5,8-9,12-13H2,1-2H3. The molecule has 1 atom stereocenters. The second-order valence-corrected chi connectivity index (χ2v) is 8.09. The molecule has 1 spiro atoms. The summed E-state index contributed by atoms with van der Waals surface area (Å²) in [5.74, 6) is 0. The van der Waals surface area contributed by atoms with Crippen molar-refractivity contribution in [2.24, 2.45) is 0 Å². The van der Waals surface area contributed by atoms with Gasteiger partial charge in [0.1, 0.15) is 5.60 Å². The van der Waals surface area contributed by atoms with Gasteiger partial charge in [-0.25, -0.2) is 4.67 Å². The number of fused-ring (bicyclic) bond motifs is 2. The monoisotopic (exact) mass is 293 g/mol. The van der Waals surface area contributed by atoms with E-state index in [4.69, 9.17) is 4.52 Å². The van der Waals surface area contributed by atoms with Crippen molar-refractivity contribution < 1.29 is 9.09 Å². The Kier molecular flexibility index (Phi) is 3.79. The predicted molar refractivity (Wildman–Crippen MR) is 82.5 cm³/mol. The van der Waals surface area contributed by atoms with Gasteiger partial charge in [0.15, 0.2) is 0 Å². The van der Waals surface area contributed by atoms with Gasteiger partial charge in [-0.2, -0.15) is 0 Å². The summed E-state index contributed by atoms with van der Waals surface area (Å²) >= 11 is 0. The molecule has 1 fully saturated rings. The molecule has 2 aliphatic rings. The summed E-state index contributed by atoms with van der Waals surface area (Å²) in [5, 5.41) is 0.950. The van der Waals surface area contributed by atoms with Crippen molar-refractivity contribution in [1.82, 2.24) is 4.67 Å². The molecule has 1 saturated carbocycles. The van der Waals surface area contributed by atoms with Gasteiger partial charge in [-0.15, -0.1) is 0 Å². The lowest BCUT2D eigenvalue weighted by molar-refractivity contribution is 0.0330. The Bertz CT molecular complexity index is 533. The first-order valence-electron chi connectivity index (χ1n) is 7.82. The molecule has 1 aromatic rings. The van der Waals surface area contributed by atoms with E-state index in [0.717, 1.165) is 31.2 Å². The molecule has 1 aliphatic carbocycles. The molecule has 1 heterocycles. The van der Waals surface area contributed by atoms with Crippen molar-refractivity contribution in [2.75, 3.05) is 13.1 Å². The zero-order valence-corrected chi connectivity index (χ0v) is 13.4. The average Bonchev–Trinajstić information content (AvgIpc) is 2.72. The highest BCUT2D eigenvalue weighted by molar-refractivity contribution is 7.65. The zero-order valence-electron chi connectivity index (χ0n) is 12.5. The molecule has 4 heteroatoms. The van der Waals surface area contributed by atoms with Crippen LogP contribution in [-0.2, 0) is 14.7 Å². The highest BCUT2D eigenvalue weighted by Crippen LogP contribution is 2.64. The van der Waals surface area contributed by atoms with Crippen LogP contribution in [0.15, 0.2) is 24.3 Å². The number of benzene rings is 1. The van der Waals surface area contributed by atoms with Gasteiger partial charge in [-0.1, -0.05) is 51.3 Å². The maximum atomic E-state index is 13.6. The highest BCUT2D eigenvalue weighted by Gasteiger charge is 2.53. The van der Waals surface area contributed by atoms with Gasteiger partial charge in [0.2, 0.25) is 0 Å². The smallest absolute Gasteiger partial charge is 0.303 e. The van der Waals surface area contributed by atoms with Crippen molar-refractivity contribution >= 4 is 12.8 Å². The normalized spacial score (nSPS) is 27.9. The zero-order chi connectivity index (χ0) is 14.2. The van der Waals surface area contributed by atoms with Crippen LogP contribution in [0, 0.1) is 0 Å². The van der Waals surface area contributed by atoms with Crippen LogP contribution in [-0.4, -0.2) is 17.8 Å². The van der Waals surface area contributed by atoms with Gasteiger partial charge < -0.3 is 4.52 Å². The molecule has 1 aromatic carbocycles. The van der Waals surface area contributed by atoms with Crippen molar-refractivity contribution in [3.8, 4) is 0 Å². The third-order valence-electron chi connectivity index (χ3n) is 4.76. The third kappa shape index (κ3) is 1.99. The van der Waals surface area contributed by atoms with Crippen LogP contribution in [0.5, 0.6) is 0 Å². The van der Waals surface area contributed by atoms with Gasteiger partial charge in [0.25, 0.3) is 0 Å². The van der Waals surface area contributed by atoms with Crippen LogP contribution < -0.4 is 5.30 Å². The van der Waals surface area contributed by atoms with E-state index < -0.39 is 7.52 Å². The Morgan fingerprint density at radius 1 is 1.15 bits per heavy atom. The maximum Gasteiger partial charge on any atom is 0.303 e. The Balaban J connectivity index is 2.11. The highest BCUT2D eigenvalue weighted by atomic mass is 31.2. The lowest BCUT2D eigenvalue weighted by atomic mass is 9.80. The molecule has 0 bridgehead atoms. The van der Waals surface area contributed by atoms with Gasteiger partial charge in [0, 0.05) is 13.1 Å². The molecular weight excluding hydrogens is 269 g/mol. The summed E-state index contributed by atoms with van der Waals surface area (Å²) in [6.07, 6.45) is 5.63. The Morgan fingerprint density at radius 2 is 1.80 bits per heavy atom. The maximum absolute atomic E-state index is 13.6. The number of rotatable bonds is 3. The summed E-state index contributed by atoms with van der Waals surface area (Å²) in [5.41, 5.74) is 0.905. The first-order chi connectivity index (χ1) is 9.66. The van der Waals surface area contributed by atoms with E-state index in [1.807, 2.05) is 16.8 Å². The summed E-state index contributed by atoms with van der Waals surface area (Å²) in [6, 6.07) is 8.18. The molecule has 110 valence electrons. The van der Waals surface area contributed by atoms with E-state index in [0.29, 0.717) is 0 Å². The Morgan fingerprint density at radius 3 is 2.45 bits per heavy atom. The minimum Gasteiger partial charge on any atom is -0.303 e. The van der Waals surface area contributed by atoms with Crippen molar-refractivity contribution in [1.29, 1.82) is 0 Å². The molecule has 3 rings (SSSR count). The van der Waals surface area contributed by atoms with E-state index in [-0.39, 0.29) is 5.60 Å². The molecule has 1 unspecified atom stereocenters. The summed E-state index contributed by atoms with van der Waals surface area (Å²) in [7, 11) is -2.87. The van der Waals surface area contributed by atoms with E-state index >= 15 is 0 Å². The first kappa shape index (κ1) is 14.3. The summed E-state index contributed by atoms with van der Waals surface area (Å²) in [4.78, 5) is 0. The minimum atomic E-state index is -2.87. The van der Waals surface area contributed by atoms with E-state index in [1.54, 1.807) is 0 Å².